The first-order valence-electron chi connectivity index (χ1n) is 7.22. The van der Waals surface area contributed by atoms with Crippen molar-refractivity contribution >= 4 is 5.91 Å². The number of nitrogens with zero attached hydrogens (tertiary/aromatic N) is 6. The molecule has 0 unspecified atom stereocenters. The molecule has 0 saturated carbocycles. The average Bonchev–Trinajstić information content (AvgIpc) is 3.13. The number of para-hydroxylation sites is 1. The summed E-state index contributed by atoms with van der Waals surface area (Å²) in [5.41, 5.74) is 0.731. The van der Waals surface area contributed by atoms with E-state index in [4.69, 9.17) is 6.42 Å². The molecule has 1 N–H and O–H groups in total. The Morgan fingerprint density at radius 2 is 2.13 bits per heavy atom. The molecule has 2 heterocycles. The maximum absolute atomic E-state index is 12.4. The summed E-state index contributed by atoms with van der Waals surface area (Å²) < 4.78 is 1.45. The minimum absolute atomic E-state index is 0.191. The Hall–Kier alpha value is -3.08. The van der Waals surface area contributed by atoms with Crippen molar-refractivity contribution in [1.29, 1.82) is 0 Å². The second-order valence-corrected chi connectivity index (χ2v) is 5.16. The van der Waals surface area contributed by atoms with Gasteiger partial charge in [-0.2, -0.15) is 14.9 Å². The molecule has 1 aromatic heterocycles. The number of nitrogens with one attached hydrogen (secondary N) is 1. The molecule has 0 spiro atoms. The highest BCUT2D eigenvalue weighted by atomic mass is 16.1. The average molecular weight is 309 g/mol. The molecule has 3 rings (SSSR count). The number of aromatic nitrogens is 4. The summed E-state index contributed by atoms with van der Waals surface area (Å²) in [6.07, 6.45) is 8.70. The van der Waals surface area contributed by atoms with Gasteiger partial charge >= 0.3 is 0 Å². The Kier molecular flexibility index (Phi) is 4.10. The van der Waals surface area contributed by atoms with Crippen LogP contribution >= 0.6 is 0 Å². The summed E-state index contributed by atoms with van der Waals surface area (Å²) in [5, 5.41) is 22.0. The summed E-state index contributed by atoms with van der Waals surface area (Å²) >= 11 is 0. The second kappa shape index (κ2) is 6.36. The van der Waals surface area contributed by atoms with Crippen LogP contribution in [0.25, 0.3) is 5.69 Å². The maximum atomic E-state index is 12.4. The predicted molar refractivity (Wildman–Crippen MR) is 81.8 cm³/mol. The van der Waals surface area contributed by atoms with E-state index < -0.39 is 5.66 Å². The van der Waals surface area contributed by atoms with Crippen LogP contribution < -0.4 is 5.32 Å². The minimum Gasteiger partial charge on any atom is -0.352 e. The molecule has 2 aromatic rings. The Bertz CT molecular complexity index is 754. The third-order valence-electron chi connectivity index (χ3n) is 3.61. The van der Waals surface area contributed by atoms with Gasteiger partial charge < -0.3 is 5.32 Å². The predicted octanol–water partition coefficient (Wildman–Crippen LogP) is 1.36. The summed E-state index contributed by atoms with van der Waals surface area (Å²) in [4.78, 5) is 12.4. The molecule has 0 fully saturated rings. The molecule has 1 amide bonds. The molecule has 0 aliphatic carbocycles. The fourth-order valence-corrected chi connectivity index (χ4v) is 2.28. The van der Waals surface area contributed by atoms with Gasteiger partial charge in [-0.25, -0.2) is 0 Å². The number of rotatable bonds is 7. The van der Waals surface area contributed by atoms with Gasteiger partial charge in [0.1, 0.15) is 6.33 Å². The third-order valence-corrected chi connectivity index (χ3v) is 3.61. The molecule has 8 heteroatoms. The van der Waals surface area contributed by atoms with Gasteiger partial charge in [0.15, 0.2) is 5.66 Å². The normalized spacial score (nSPS) is 14.2. The van der Waals surface area contributed by atoms with E-state index in [9.17, 15) is 4.79 Å². The molecule has 0 radical (unpaired) electrons. The molecule has 0 atom stereocenters. The lowest BCUT2D eigenvalue weighted by molar-refractivity contribution is 0.0951. The largest absolute Gasteiger partial charge is 0.352 e. The highest BCUT2D eigenvalue weighted by Crippen LogP contribution is 2.36. The van der Waals surface area contributed by atoms with Crippen molar-refractivity contribution in [2.45, 2.75) is 24.9 Å². The first kappa shape index (κ1) is 14.8. The standard InChI is InChI=1S/C15H15N7O/c1-2-3-8-15(18-19-15)9-10-16-14(23)12-6-4-5-7-13(12)22-11-17-20-21-22/h1,4-7,11H,3,8-10H2,(H,16,23). The van der Waals surface area contributed by atoms with Crippen molar-refractivity contribution in [3.05, 3.63) is 36.2 Å². The zero-order valence-corrected chi connectivity index (χ0v) is 12.4. The lowest BCUT2D eigenvalue weighted by Gasteiger charge is -2.11. The summed E-state index contributed by atoms with van der Waals surface area (Å²) in [6.45, 7) is 0.473. The van der Waals surface area contributed by atoms with Crippen LogP contribution in [-0.2, 0) is 0 Å². The molecule has 116 valence electrons. The lowest BCUT2D eigenvalue weighted by atomic mass is 10.0. The van der Waals surface area contributed by atoms with Crippen LogP contribution in [0.15, 0.2) is 40.8 Å². The van der Waals surface area contributed by atoms with Gasteiger partial charge in [0.25, 0.3) is 5.91 Å². The van der Waals surface area contributed by atoms with E-state index in [0.29, 0.717) is 30.6 Å². The molecule has 23 heavy (non-hydrogen) atoms. The lowest BCUT2D eigenvalue weighted by Crippen LogP contribution is -2.29. The van der Waals surface area contributed by atoms with Crippen molar-refractivity contribution in [2.24, 2.45) is 10.2 Å². The van der Waals surface area contributed by atoms with Crippen LogP contribution in [0.5, 0.6) is 0 Å². The second-order valence-electron chi connectivity index (χ2n) is 5.16. The van der Waals surface area contributed by atoms with Crippen molar-refractivity contribution in [3.8, 4) is 18.0 Å². The molecule has 1 aliphatic heterocycles. The minimum atomic E-state index is -0.394. The fraction of sp³-hybridized carbons (Fsp3) is 0.333. The Morgan fingerprint density at radius 1 is 1.30 bits per heavy atom. The van der Waals surface area contributed by atoms with Gasteiger partial charge in [-0.3, -0.25) is 4.79 Å². The maximum Gasteiger partial charge on any atom is 0.253 e. The van der Waals surface area contributed by atoms with Gasteiger partial charge in [0.2, 0.25) is 0 Å². The van der Waals surface area contributed by atoms with Crippen LogP contribution in [0.1, 0.15) is 29.6 Å². The van der Waals surface area contributed by atoms with Crippen molar-refractivity contribution < 1.29 is 4.79 Å². The molecule has 1 aliphatic rings. The first-order valence-corrected chi connectivity index (χ1v) is 7.22. The summed E-state index contributed by atoms with van der Waals surface area (Å²) in [5.74, 6) is 2.39. The SMILES string of the molecule is C#CCCC1(CCNC(=O)c2ccccc2-n2cnnn2)N=N1. The van der Waals surface area contributed by atoms with Gasteiger partial charge in [-0.1, -0.05) is 12.1 Å². The van der Waals surface area contributed by atoms with Crippen LogP contribution in [0.4, 0.5) is 0 Å². The van der Waals surface area contributed by atoms with E-state index in [1.54, 1.807) is 18.2 Å². The monoisotopic (exact) mass is 309 g/mol. The van der Waals surface area contributed by atoms with E-state index >= 15 is 0 Å². The van der Waals surface area contributed by atoms with Crippen LogP contribution in [0.2, 0.25) is 0 Å². The Labute approximate surface area is 133 Å². The molecular weight excluding hydrogens is 294 g/mol. The van der Waals surface area contributed by atoms with Crippen LogP contribution in [0.3, 0.4) is 0 Å². The molecular formula is C15H15N7O. The van der Waals surface area contributed by atoms with Crippen molar-refractivity contribution in [1.82, 2.24) is 25.5 Å². The highest BCUT2D eigenvalue weighted by Gasteiger charge is 2.38. The number of tetrazole rings is 1. The molecule has 8 nitrogen and oxygen atoms in total. The number of benzene rings is 1. The van der Waals surface area contributed by atoms with Gasteiger partial charge in [-0.15, -0.1) is 17.4 Å². The molecule has 1 aromatic carbocycles. The number of carbonyl (C=O) groups is 1. The molecule has 0 saturated heterocycles. The number of carbonyl (C=O) groups excluding carboxylic acids is 1. The summed E-state index contributed by atoms with van der Waals surface area (Å²) in [7, 11) is 0. The van der Waals surface area contributed by atoms with Crippen LogP contribution in [0, 0.1) is 12.3 Å². The van der Waals surface area contributed by atoms with E-state index in [0.717, 1.165) is 6.42 Å². The van der Waals surface area contributed by atoms with E-state index in [1.165, 1.54) is 11.0 Å². The topological polar surface area (TPSA) is 97.4 Å². The number of hydrogen-bond donors (Lipinski definition) is 1. The zero-order valence-electron chi connectivity index (χ0n) is 12.4. The van der Waals surface area contributed by atoms with E-state index in [2.05, 4.69) is 37.0 Å². The Balaban J connectivity index is 1.60. The van der Waals surface area contributed by atoms with Crippen molar-refractivity contribution in [3.63, 3.8) is 0 Å². The van der Waals surface area contributed by atoms with Crippen LogP contribution in [-0.4, -0.2) is 38.3 Å². The van der Waals surface area contributed by atoms with Gasteiger partial charge in [-0.05, 0) is 22.6 Å². The molecule has 0 bridgehead atoms. The highest BCUT2D eigenvalue weighted by molar-refractivity contribution is 5.97. The smallest absolute Gasteiger partial charge is 0.253 e. The first-order chi connectivity index (χ1) is 11.2. The van der Waals surface area contributed by atoms with Crippen molar-refractivity contribution in [2.75, 3.05) is 6.54 Å². The summed E-state index contributed by atoms with van der Waals surface area (Å²) in [6, 6.07) is 7.13. The number of amides is 1. The van der Waals surface area contributed by atoms with Gasteiger partial charge in [0.05, 0.1) is 11.3 Å². The number of hydrogen-bond acceptors (Lipinski definition) is 6. The fourth-order valence-electron chi connectivity index (χ4n) is 2.28. The Morgan fingerprint density at radius 3 is 2.83 bits per heavy atom. The number of terminal acetylenes is 1. The van der Waals surface area contributed by atoms with E-state index in [1.807, 2.05) is 6.07 Å². The van der Waals surface area contributed by atoms with Gasteiger partial charge in [0, 0.05) is 25.8 Å². The zero-order chi connectivity index (χ0) is 16.1. The quantitative estimate of drug-likeness (QED) is 0.781. The third kappa shape index (κ3) is 3.40. The van der Waals surface area contributed by atoms with E-state index in [-0.39, 0.29) is 5.91 Å².